The number of hydrogen-bond donors (Lipinski definition) is 3. The molecule has 0 aromatic heterocycles. The quantitative estimate of drug-likeness (QED) is 0.412. The van der Waals surface area contributed by atoms with Crippen LogP contribution in [0.25, 0.3) is 0 Å². The fourth-order valence-corrected chi connectivity index (χ4v) is 9.13. The number of rotatable bonds is 1. The molecule has 7 nitrogen and oxygen atoms in total. The number of aliphatic hydroxyl groups is 1. The second-order valence-electron chi connectivity index (χ2n) is 13.3. The van der Waals surface area contributed by atoms with Crippen molar-refractivity contribution in [2.75, 3.05) is 31.1 Å². The van der Waals surface area contributed by atoms with E-state index in [-0.39, 0.29) is 40.9 Å². The topological polar surface area (TPSA) is 105 Å². The molecule has 6 unspecified atom stereocenters. The normalized spacial score (nSPS) is 35.2. The molecule has 0 saturated heterocycles. The number of aryl methyl sites for hydroxylation is 1. The first kappa shape index (κ1) is 29.9. The van der Waals surface area contributed by atoms with Crippen molar-refractivity contribution in [1.82, 2.24) is 4.72 Å². The maximum Gasteiger partial charge on any atom is 0.263 e. The number of halogens is 1. The number of nitrogens with two attached hydrogens (primary N) is 1. The van der Waals surface area contributed by atoms with Crippen LogP contribution in [0.3, 0.4) is 0 Å². The number of benzene rings is 2. The van der Waals surface area contributed by atoms with Crippen molar-refractivity contribution in [2.24, 2.45) is 23.5 Å². The van der Waals surface area contributed by atoms with E-state index in [1.807, 2.05) is 25.1 Å². The Morgan fingerprint density at radius 1 is 1.14 bits per heavy atom. The lowest BCUT2D eigenvalue weighted by atomic mass is 9.63. The van der Waals surface area contributed by atoms with E-state index >= 15 is 0 Å². The summed E-state index contributed by atoms with van der Waals surface area (Å²) in [6.07, 6.45) is 7.28. The van der Waals surface area contributed by atoms with Crippen molar-refractivity contribution in [3.05, 3.63) is 58.1 Å². The highest BCUT2D eigenvalue weighted by molar-refractivity contribution is 7.84. The third kappa shape index (κ3) is 5.49. The smallest absolute Gasteiger partial charge is 0.263 e. The van der Waals surface area contributed by atoms with Crippen LogP contribution in [0, 0.1) is 17.8 Å². The van der Waals surface area contributed by atoms with Crippen LogP contribution in [-0.4, -0.2) is 52.3 Å². The van der Waals surface area contributed by atoms with Crippen LogP contribution in [0.2, 0.25) is 5.02 Å². The van der Waals surface area contributed by atoms with Crippen LogP contribution in [-0.2, 0) is 22.8 Å². The van der Waals surface area contributed by atoms with Gasteiger partial charge < -0.3 is 20.5 Å². The third-order valence-electron chi connectivity index (χ3n) is 10.8. The fourth-order valence-electron chi connectivity index (χ4n) is 7.89. The number of carbonyl (C=O) groups excluding carboxylic acids is 1. The SMILES string of the molecule is CC1CCC[C@@](O)(CN)C2CCC2CN2CC3(CCCc4cc(Cl)ccc43)COc3ccc(cc32)C(=O)NS(=O)C1C. The number of carbonyl (C=O) groups is 1. The van der Waals surface area contributed by atoms with Gasteiger partial charge in [-0.15, -0.1) is 0 Å². The lowest BCUT2D eigenvalue weighted by Gasteiger charge is -2.50. The van der Waals surface area contributed by atoms with Gasteiger partial charge in [0.15, 0.2) is 0 Å². The summed E-state index contributed by atoms with van der Waals surface area (Å²) in [6, 6.07) is 11.8. The second-order valence-corrected chi connectivity index (χ2v) is 15.3. The van der Waals surface area contributed by atoms with Gasteiger partial charge in [-0.3, -0.25) is 9.52 Å². The van der Waals surface area contributed by atoms with Gasteiger partial charge in [-0.25, -0.2) is 4.21 Å². The van der Waals surface area contributed by atoms with Gasteiger partial charge in [0.25, 0.3) is 5.91 Å². The standard InChI is InChI=1S/C33H44ClN3O4S/c1-21-5-3-14-33(39,18-35)28-10-7-25(28)17-37-19-32(13-4-6-23-15-26(34)9-11-27(23)32)20-41-30-12-8-24(16-29(30)37)31(38)36-42(40)22(21)2/h8-9,11-12,15-16,21-22,25,28,39H,3-7,10,13-14,17-20,35H2,1-2H3,(H,36,38)/t21?,22?,25?,28?,32?,33-,42?/m1/s1. The van der Waals surface area contributed by atoms with E-state index in [0.717, 1.165) is 74.5 Å². The van der Waals surface area contributed by atoms with Crippen LogP contribution in [0.4, 0.5) is 5.69 Å². The Hall–Kier alpha value is -2.13. The number of nitrogens with one attached hydrogen (secondary N) is 1. The summed E-state index contributed by atoms with van der Waals surface area (Å²) in [7, 11) is -1.53. The summed E-state index contributed by atoms with van der Waals surface area (Å²) in [5.74, 6) is 0.934. The van der Waals surface area contributed by atoms with Gasteiger partial charge in [0.1, 0.15) is 16.7 Å². The summed E-state index contributed by atoms with van der Waals surface area (Å²) < 4.78 is 22.5. The minimum atomic E-state index is -1.53. The minimum Gasteiger partial charge on any atom is -0.490 e. The maximum atomic E-state index is 13.4. The van der Waals surface area contributed by atoms with E-state index in [1.54, 1.807) is 6.07 Å². The van der Waals surface area contributed by atoms with Crippen LogP contribution < -0.4 is 20.1 Å². The number of ether oxygens (including phenoxy) is 1. The molecule has 0 radical (unpaired) electrons. The van der Waals surface area contributed by atoms with Crippen LogP contribution in [0.15, 0.2) is 36.4 Å². The lowest BCUT2D eigenvalue weighted by molar-refractivity contribution is -0.0814. The van der Waals surface area contributed by atoms with Crippen molar-refractivity contribution >= 4 is 34.2 Å². The number of hydrogen-bond acceptors (Lipinski definition) is 6. The summed E-state index contributed by atoms with van der Waals surface area (Å²) >= 11 is 6.41. The second kappa shape index (κ2) is 11.8. The van der Waals surface area contributed by atoms with E-state index in [2.05, 4.69) is 28.7 Å². The molecule has 2 aromatic carbocycles. The van der Waals surface area contributed by atoms with Gasteiger partial charge in [-0.2, -0.15) is 0 Å². The predicted molar refractivity (Wildman–Crippen MR) is 169 cm³/mol. The molecule has 1 fully saturated rings. The number of fused-ring (bicyclic) bond motifs is 4. The Kier molecular flexibility index (Phi) is 8.37. The summed E-state index contributed by atoms with van der Waals surface area (Å²) in [5.41, 5.74) is 9.04. The monoisotopic (exact) mass is 613 g/mol. The zero-order valence-electron chi connectivity index (χ0n) is 24.7. The highest BCUT2D eigenvalue weighted by Gasteiger charge is 2.48. The molecular formula is C33H44ClN3O4S. The Bertz CT molecular complexity index is 1370. The maximum absolute atomic E-state index is 13.4. The number of nitrogens with zero attached hydrogens (tertiary/aromatic N) is 1. The molecule has 9 heteroatoms. The molecule has 1 saturated carbocycles. The zero-order valence-corrected chi connectivity index (χ0v) is 26.3. The Morgan fingerprint density at radius 3 is 2.74 bits per heavy atom. The highest BCUT2D eigenvalue weighted by atomic mass is 35.5. The average molecular weight is 614 g/mol. The molecular weight excluding hydrogens is 570 g/mol. The molecule has 4 N–H and O–H groups in total. The molecule has 1 spiro atoms. The largest absolute Gasteiger partial charge is 0.490 e. The van der Waals surface area contributed by atoms with Crippen LogP contribution in [0.1, 0.15) is 80.3 Å². The van der Waals surface area contributed by atoms with Crippen molar-refractivity contribution in [2.45, 2.75) is 81.5 Å². The van der Waals surface area contributed by atoms with Crippen molar-refractivity contribution in [3.8, 4) is 5.75 Å². The van der Waals surface area contributed by atoms with Crippen molar-refractivity contribution in [1.29, 1.82) is 0 Å². The van der Waals surface area contributed by atoms with Gasteiger partial charge in [-0.05, 0) is 111 Å². The Morgan fingerprint density at radius 2 is 1.98 bits per heavy atom. The third-order valence-corrected chi connectivity index (χ3v) is 12.6. The van der Waals surface area contributed by atoms with E-state index in [9.17, 15) is 14.1 Å². The zero-order chi connectivity index (χ0) is 29.6. The first-order valence-corrected chi connectivity index (χ1v) is 17.2. The van der Waals surface area contributed by atoms with Crippen molar-refractivity contribution in [3.63, 3.8) is 0 Å². The average Bonchev–Trinajstić information content (AvgIpc) is 3.11. The molecule has 2 aliphatic heterocycles. The number of anilines is 1. The van der Waals surface area contributed by atoms with Gasteiger partial charge in [0.2, 0.25) is 0 Å². The van der Waals surface area contributed by atoms with Gasteiger partial charge in [0.05, 0.1) is 23.1 Å². The molecule has 1 amide bonds. The van der Waals surface area contributed by atoms with E-state index in [4.69, 9.17) is 22.1 Å². The van der Waals surface area contributed by atoms with E-state index in [1.165, 1.54) is 11.1 Å². The van der Waals surface area contributed by atoms with Gasteiger partial charge in [0, 0.05) is 35.6 Å². The summed E-state index contributed by atoms with van der Waals surface area (Å²) in [5, 5.41) is 12.4. The van der Waals surface area contributed by atoms with Crippen molar-refractivity contribution < 1.29 is 18.8 Å². The van der Waals surface area contributed by atoms with Crippen LogP contribution in [0.5, 0.6) is 5.75 Å². The molecule has 2 heterocycles. The molecule has 2 aliphatic carbocycles. The predicted octanol–water partition coefficient (Wildman–Crippen LogP) is 5.13. The first-order valence-electron chi connectivity index (χ1n) is 15.6. The number of amides is 1. The lowest BCUT2D eigenvalue weighted by Crippen LogP contribution is -2.55. The Labute approximate surface area is 257 Å². The first-order chi connectivity index (χ1) is 20.1. The van der Waals surface area contributed by atoms with Gasteiger partial charge >= 0.3 is 0 Å². The molecule has 228 valence electrons. The molecule has 6 rings (SSSR count). The van der Waals surface area contributed by atoms with Crippen LogP contribution >= 0.6 is 11.6 Å². The highest BCUT2D eigenvalue weighted by Crippen LogP contribution is 2.48. The van der Waals surface area contributed by atoms with E-state index < -0.39 is 16.6 Å². The summed E-state index contributed by atoms with van der Waals surface area (Å²) in [6.45, 7) is 6.25. The van der Waals surface area contributed by atoms with E-state index in [0.29, 0.717) is 18.6 Å². The molecule has 4 aliphatic rings. The molecule has 2 bridgehead atoms. The minimum absolute atomic E-state index is 0.116. The molecule has 7 atom stereocenters. The Balaban J connectivity index is 1.42. The summed E-state index contributed by atoms with van der Waals surface area (Å²) in [4.78, 5) is 15.8. The fraction of sp³-hybridized carbons (Fsp3) is 0.606. The molecule has 42 heavy (non-hydrogen) atoms. The molecule has 2 aromatic rings. The van der Waals surface area contributed by atoms with Gasteiger partial charge in [-0.1, -0.05) is 31.0 Å².